The first-order valence-corrected chi connectivity index (χ1v) is 6.78. The van der Waals surface area contributed by atoms with Crippen molar-refractivity contribution in [1.29, 1.82) is 0 Å². The Hall–Kier alpha value is -0.800. The molecule has 0 spiro atoms. The van der Waals surface area contributed by atoms with Crippen LogP contribution in [0.1, 0.15) is 38.0 Å². The molecule has 1 fully saturated rings. The van der Waals surface area contributed by atoms with Gasteiger partial charge >= 0.3 is 0 Å². The average Bonchev–Trinajstić information content (AvgIpc) is 2.77. The van der Waals surface area contributed by atoms with Crippen LogP contribution in [0.2, 0.25) is 0 Å². The van der Waals surface area contributed by atoms with E-state index >= 15 is 0 Å². The van der Waals surface area contributed by atoms with Gasteiger partial charge in [-0.1, -0.05) is 13.8 Å². The molecule has 2 heterocycles. The van der Waals surface area contributed by atoms with E-state index in [9.17, 15) is 0 Å². The van der Waals surface area contributed by atoms with Crippen LogP contribution in [-0.4, -0.2) is 24.5 Å². The fourth-order valence-electron chi connectivity index (χ4n) is 2.35. The number of furan rings is 1. The lowest BCUT2D eigenvalue weighted by Gasteiger charge is -2.29. The van der Waals surface area contributed by atoms with Crippen molar-refractivity contribution < 1.29 is 4.42 Å². The number of rotatable bonds is 5. The molecule has 1 saturated heterocycles. The molecule has 0 saturated carbocycles. The number of likely N-dealkylation sites (tertiary alicyclic amines) is 1. The Morgan fingerprint density at radius 1 is 1.41 bits per heavy atom. The van der Waals surface area contributed by atoms with Gasteiger partial charge in [0.25, 0.3) is 0 Å². The van der Waals surface area contributed by atoms with Crippen molar-refractivity contribution in [2.45, 2.75) is 39.8 Å². The number of hydrogen-bond donors (Lipinski definition) is 1. The van der Waals surface area contributed by atoms with Crippen molar-refractivity contribution in [1.82, 2.24) is 10.2 Å². The van der Waals surface area contributed by atoms with Crippen molar-refractivity contribution in [2.24, 2.45) is 5.92 Å². The van der Waals surface area contributed by atoms with E-state index in [0.717, 1.165) is 31.3 Å². The first kappa shape index (κ1) is 12.7. The molecule has 96 valence electrons. The molecule has 3 nitrogen and oxygen atoms in total. The number of hydrogen-bond acceptors (Lipinski definition) is 3. The zero-order chi connectivity index (χ0) is 12.1. The fraction of sp³-hybridized carbons (Fsp3) is 0.714. The lowest BCUT2D eigenvalue weighted by molar-refractivity contribution is 0.173. The molecule has 1 aliphatic heterocycles. The van der Waals surface area contributed by atoms with Gasteiger partial charge in [-0.15, -0.1) is 0 Å². The number of nitrogens with one attached hydrogen (secondary N) is 1. The number of nitrogens with zero attached hydrogens (tertiary/aromatic N) is 1. The second-order valence-electron chi connectivity index (χ2n) is 5.11. The van der Waals surface area contributed by atoms with E-state index in [4.69, 9.17) is 4.42 Å². The molecule has 0 unspecified atom stereocenters. The highest BCUT2D eigenvalue weighted by molar-refractivity contribution is 5.16. The van der Waals surface area contributed by atoms with Crippen molar-refractivity contribution in [3.05, 3.63) is 23.7 Å². The van der Waals surface area contributed by atoms with Gasteiger partial charge in [0.15, 0.2) is 0 Å². The predicted molar refractivity (Wildman–Crippen MR) is 69.8 cm³/mol. The summed E-state index contributed by atoms with van der Waals surface area (Å²) in [7, 11) is 0. The Morgan fingerprint density at radius 2 is 2.18 bits per heavy atom. The quantitative estimate of drug-likeness (QED) is 0.852. The molecule has 3 heteroatoms. The molecule has 0 aromatic carbocycles. The Kier molecular flexibility index (Phi) is 4.63. The highest BCUT2D eigenvalue weighted by Crippen LogP contribution is 2.20. The van der Waals surface area contributed by atoms with Crippen LogP contribution in [0.5, 0.6) is 0 Å². The predicted octanol–water partition coefficient (Wildman–Crippen LogP) is 2.62. The normalized spacial score (nSPS) is 18.7. The summed E-state index contributed by atoms with van der Waals surface area (Å²) in [5.74, 6) is 2.03. The molecule has 0 aliphatic carbocycles. The van der Waals surface area contributed by atoms with Crippen molar-refractivity contribution in [3.63, 3.8) is 0 Å². The van der Waals surface area contributed by atoms with E-state index in [1.54, 1.807) is 0 Å². The van der Waals surface area contributed by atoms with E-state index in [2.05, 4.69) is 30.1 Å². The summed E-state index contributed by atoms with van der Waals surface area (Å²) in [4.78, 5) is 2.51. The molecule has 0 amide bonds. The molecule has 1 aromatic heterocycles. The van der Waals surface area contributed by atoms with Gasteiger partial charge in [0.2, 0.25) is 0 Å². The van der Waals surface area contributed by atoms with E-state index < -0.39 is 0 Å². The van der Waals surface area contributed by atoms with Crippen LogP contribution in [-0.2, 0) is 13.1 Å². The van der Waals surface area contributed by atoms with Gasteiger partial charge in [-0.2, -0.15) is 0 Å². The molecule has 1 aromatic rings. The smallest absolute Gasteiger partial charge is 0.122 e. The third-order valence-corrected chi connectivity index (χ3v) is 3.65. The summed E-state index contributed by atoms with van der Waals surface area (Å²) >= 11 is 0. The van der Waals surface area contributed by atoms with E-state index in [1.165, 1.54) is 31.5 Å². The van der Waals surface area contributed by atoms with Crippen molar-refractivity contribution >= 4 is 0 Å². The molecule has 0 radical (unpaired) electrons. The van der Waals surface area contributed by atoms with Crippen LogP contribution in [0.3, 0.4) is 0 Å². The highest BCUT2D eigenvalue weighted by Gasteiger charge is 2.17. The fourth-order valence-corrected chi connectivity index (χ4v) is 2.35. The van der Waals surface area contributed by atoms with Gasteiger partial charge in [0, 0.05) is 12.1 Å². The summed E-state index contributed by atoms with van der Waals surface area (Å²) in [5.41, 5.74) is 1.31. The SMILES string of the molecule is CCNCc1ccoc1CN1CCC(C)CC1. The molecule has 17 heavy (non-hydrogen) atoms. The maximum absolute atomic E-state index is 5.61. The molecule has 0 bridgehead atoms. The van der Waals surface area contributed by atoms with Gasteiger partial charge in [0.1, 0.15) is 5.76 Å². The summed E-state index contributed by atoms with van der Waals surface area (Å²) in [6.45, 7) is 9.80. The van der Waals surface area contributed by atoms with Crippen LogP contribution in [0.4, 0.5) is 0 Å². The van der Waals surface area contributed by atoms with Crippen LogP contribution >= 0.6 is 0 Å². The minimum Gasteiger partial charge on any atom is -0.468 e. The summed E-state index contributed by atoms with van der Waals surface area (Å²) in [6.07, 6.45) is 4.46. The zero-order valence-electron chi connectivity index (χ0n) is 11.0. The Labute approximate surface area is 104 Å². The zero-order valence-corrected chi connectivity index (χ0v) is 11.0. The standard InChI is InChI=1S/C14H24N2O/c1-3-15-10-13-6-9-17-14(13)11-16-7-4-12(2)5-8-16/h6,9,12,15H,3-5,7-8,10-11H2,1-2H3. The maximum Gasteiger partial charge on any atom is 0.122 e. The van der Waals surface area contributed by atoms with E-state index in [1.807, 2.05) is 6.26 Å². The van der Waals surface area contributed by atoms with Gasteiger partial charge in [-0.3, -0.25) is 4.90 Å². The van der Waals surface area contributed by atoms with E-state index in [-0.39, 0.29) is 0 Å². The Morgan fingerprint density at radius 3 is 2.88 bits per heavy atom. The second-order valence-corrected chi connectivity index (χ2v) is 5.11. The maximum atomic E-state index is 5.61. The lowest BCUT2D eigenvalue weighted by Crippen LogP contribution is -2.32. The molecule has 1 N–H and O–H groups in total. The van der Waals surface area contributed by atoms with Gasteiger partial charge < -0.3 is 9.73 Å². The van der Waals surface area contributed by atoms with Crippen LogP contribution in [0, 0.1) is 5.92 Å². The number of piperidine rings is 1. The van der Waals surface area contributed by atoms with Gasteiger partial charge in [-0.25, -0.2) is 0 Å². The van der Waals surface area contributed by atoms with Gasteiger partial charge in [0.05, 0.1) is 12.8 Å². The molecular formula is C14H24N2O. The van der Waals surface area contributed by atoms with Crippen LogP contribution < -0.4 is 5.32 Å². The third-order valence-electron chi connectivity index (χ3n) is 3.65. The van der Waals surface area contributed by atoms with Crippen molar-refractivity contribution in [2.75, 3.05) is 19.6 Å². The monoisotopic (exact) mass is 236 g/mol. The second kappa shape index (κ2) is 6.22. The molecular weight excluding hydrogens is 212 g/mol. The minimum atomic E-state index is 0.893. The summed E-state index contributed by atoms with van der Waals surface area (Å²) in [6, 6.07) is 2.09. The summed E-state index contributed by atoms with van der Waals surface area (Å²) in [5, 5.41) is 3.36. The Bertz CT molecular complexity index is 327. The van der Waals surface area contributed by atoms with Gasteiger partial charge in [-0.05, 0) is 44.5 Å². The average molecular weight is 236 g/mol. The minimum absolute atomic E-state index is 0.893. The summed E-state index contributed by atoms with van der Waals surface area (Å²) < 4.78 is 5.61. The van der Waals surface area contributed by atoms with E-state index in [0.29, 0.717) is 0 Å². The lowest BCUT2D eigenvalue weighted by atomic mass is 9.99. The van der Waals surface area contributed by atoms with Crippen LogP contribution in [0.15, 0.2) is 16.7 Å². The first-order valence-electron chi connectivity index (χ1n) is 6.78. The molecule has 0 atom stereocenters. The van der Waals surface area contributed by atoms with Crippen LogP contribution in [0.25, 0.3) is 0 Å². The largest absolute Gasteiger partial charge is 0.468 e. The molecule has 2 rings (SSSR count). The molecule has 1 aliphatic rings. The highest BCUT2D eigenvalue weighted by atomic mass is 16.3. The third kappa shape index (κ3) is 3.58. The first-order chi connectivity index (χ1) is 8.29. The van der Waals surface area contributed by atoms with Crippen molar-refractivity contribution in [3.8, 4) is 0 Å². The topological polar surface area (TPSA) is 28.4 Å². The Balaban J connectivity index is 1.87.